The molecule has 1 saturated heterocycles. The Bertz CT molecular complexity index is 1030. The standard InChI is InChI=1S/C26H31N3O4/c1-3-19-9-11-20(12-10-19)27-24-23(21-7-4-5-8-22(21)32-2)25(30)29(26(24)31)14-6-13-28-15-17-33-18-16-28/h4-5,7-12,27H,3,6,13-18H2,1-2H3. The number of morpholine rings is 1. The Morgan fingerprint density at radius 3 is 2.39 bits per heavy atom. The van der Waals surface area contributed by atoms with Crippen molar-refractivity contribution in [2.24, 2.45) is 0 Å². The number of benzene rings is 2. The smallest absolute Gasteiger partial charge is 0.278 e. The van der Waals surface area contributed by atoms with E-state index in [-0.39, 0.29) is 11.8 Å². The van der Waals surface area contributed by atoms with E-state index >= 15 is 0 Å². The zero-order valence-electron chi connectivity index (χ0n) is 19.3. The molecule has 0 radical (unpaired) electrons. The lowest BCUT2D eigenvalue weighted by Crippen LogP contribution is -2.39. The summed E-state index contributed by atoms with van der Waals surface area (Å²) in [5.41, 5.74) is 3.23. The minimum Gasteiger partial charge on any atom is -0.496 e. The monoisotopic (exact) mass is 449 g/mol. The number of nitrogens with one attached hydrogen (secondary N) is 1. The quantitative estimate of drug-likeness (QED) is 0.593. The van der Waals surface area contributed by atoms with Crippen molar-refractivity contribution in [3.8, 4) is 5.75 Å². The average Bonchev–Trinajstić information content (AvgIpc) is 3.09. The van der Waals surface area contributed by atoms with Crippen molar-refractivity contribution < 1.29 is 19.1 Å². The van der Waals surface area contributed by atoms with Crippen molar-refractivity contribution >= 4 is 23.1 Å². The summed E-state index contributed by atoms with van der Waals surface area (Å²) >= 11 is 0. The van der Waals surface area contributed by atoms with Crippen LogP contribution in [0.15, 0.2) is 54.2 Å². The van der Waals surface area contributed by atoms with Crippen LogP contribution in [0.5, 0.6) is 5.75 Å². The van der Waals surface area contributed by atoms with Gasteiger partial charge in [-0.1, -0.05) is 37.3 Å². The van der Waals surface area contributed by atoms with Gasteiger partial charge in [-0.05, 0) is 36.6 Å². The first-order valence-corrected chi connectivity index (χ1v) is 11.5. The first-order chi connectivity index (χ1) is 16.1. The number of amides is 2. The molecule has 2 amide bonds. The first kappa shape index (κ1) is 23.0. The molecule has 0 bridgehead atoms. The molecule has 7 nitrogen and oxygen atoms in total. The van der Waals surface area contributed by atoms with Crippen LogP contribution in [0.25, 0.3) is 5.57 Å². The van der Waals surface area contributed by atoms with E-state index in [9.17, 15) is 9.59 Å². The highest BCUT2D eigenvalue weighted by Gasteiger charge is 2.40. The molecule has 2 heterocycles. The van der Waals surface area contributed by atoms with Crippen LogP contribution < -0.4 is 10.1 Å². The van der Waals surface area contributed by atoms with Gasteiger partial charge in [0.15, 0.2) is 0 Å². The highest BCUT2D eigenvalue weighted by atomic mass is 16.5. The van der Waals surface area contributed by atoms with Gasteiger partial charge in [0.2, 0.25) is 0 Å². The summed E-state index contributed by atoms with van der Waals surface area (Å²) in [5.74, 6) is -0.0361. The number of hydrogen-bond donors (Lipinski definition) is 1. The van der Waals surface area contributed by atoms with E-state index in [1.54, 1.807) is 13.2 Å². The fraction of sp³-hybridized carbons (Fsp3) is 0.385. The van der Waals surface area contributed by atoms with Gasteiger partial charge in [-0.2, -0.15) is 0 Å². The van der Waals surface area contributed by atoms with Crippen molar-refractivity contribution in [1.82, 2.24) is 9.80 Å². The van der Waals surface area contributed by atoms with E-state index in [1.807, 2.05) is 42.5 Å². The summed E-state index contributed by atoms with van der Waals surface area (Å²) in [4.78, 5) is 30.6. The molecule has 174 valence electrons. The Morgan fingerprint density at radius 1 is 0.970 bits per heavy atom. The van der Waals surface area contributed by atoms with Gasteiger partial charge in [-0.15, -0.1) is 0 Å². The van der Waals surface area contributed by atoms with E-state index < -0.39 is 0 Å². The van der Waals surface area contributed by atoms with Crippen LogP contribution in [0.4, 0.5) is 5.69 Å². The lowest BCUT2D eigenvalue weighted by Gasteiger charge is -2.27. The highest BCUT2D eigenvalue weighted by Crippen LogP contribution is 2.35. The van der Waals surface area contributed by atoms with Crippen molar-refractivity contribution in [1.29, 1.82) is 0 Å². The third-order valence-electron chi connectivity index (χ3n) is 6.14. The van der Waals surface area contributed by atoms with Gasteiger partial charge in [0.05, 0.1) is 25.9 Å². The fourth-order valence-corrected chi connectivity index (χ4v) is 4.24. The first-order valence-electron chi connectivity index (χ1n) is 11.5. The summed E-state index contributed by atoms with van der Waals surface area (Å²) in [7, 11) is 1.57. The number of ether oxygens (including phenoxy) is 2. The zero-order chi connectivity index (χ0) is 23.2. The maximum Gasteiger partial charge on any atom is 0.278 e. The molecule has 1 N–H and O–H groups in total. The van der Waals surface area contributed by atoms with Gasteiger partial charge in [-0.25, -0.2) is 0 Å². The van der Waals surface area contributed by atoms with Gasteiger partial charge in [0, 0.05) is 37.4 Å². The zero-order valence-corrected chi connectivity index (χ0v) is 19.3. The van der Waals surface area contributed by atoms with Crippen molar-refractivity contribution in [2.45, 2.75) is 19.8 Å². The molecule has 2 aliphatic heterocycles. The van der Waals surface area contributed by atoms with Gasteiger partial charge in [0.1, 0.15) is 11.4 Å². The molecule has 2 aliphatic rings. The summed E-state index contributed by atoms with van der Waals surface area (Å²) in [6.45, 7) is 6.51. The highest BCUT2D eigenvalue weighted by molar-refractivity contribution is 6.37. The topological polar surface area (TPSA) is 71.1 Å². The van der Waals surface area contributed by atoms with Crippen LogP contribution in [-0.4, -0.2) is 68.1 Å². The van der Waals surface area contributed by atoms with Gasteiger partial charge in [-0.3, -0.25) is 19.4 Å². The van der Waals surface area contributed by atoms with E-state index in [1.165, 1.54) is 10.5 Å². The Morgan fingerprint density at radius 2 is 1.70 bits per heavy atom. The van der Waals surface area contributed by atoms with Gasteiger partial charge < -0.3 is 14.8 Å². The average molecular weight is 450 g/mol. The van der Waals surface area contributed by atoms with Crippen molar-refractivity contribution in [3.05, 3.63) is 65.4 Å². The maximum atomic E-state index is 13.5. The number of methoxy groups -OCH3 is 1. The Kier molecular flexibility index (Phi) is 7.42. The van der Waals surface area contributed by atoms with Gasteiger partial charge >= 0.3 is 0 Å². The molecular formula is C26H31N3O4. The van der Waals surface area contributed by atoms with Crippen molar-refractivity contribution in [2.75, 3.05) is 51.8 Å². The Hall–Kier alpha value is -3.16. The number of carbonyl (C=O) groups excluding carboxylic acids is 2. The normalized spacial score (nSPS) is 17.1. The molecule has 0 atom stereocenters. The minimum atomic E-state index is -0.303. The molecule has 7 heteroatoms. The predicted octanol–water partition coefficient (Wildman–Crippen LogP) is 3.17. The molecule has 1 fully saturated rings. The summed E-state index contributed by atoms with van der Waals surface area (Å²) in [6.07, 6.45) is 1.65. The van der Waals surface area contributed by atoms with Crippen LogP contribution in [0.1, 0.15) is 24.5 Å². The number of carbonyl (C=O) groups is 2. The lowest BCUT2D eigenvalue weighted by atomic mass is 10.0. The fourth-order valence-electron chi connectivity index (χ4n) is 4.24. The molecule has 2 aromatic carbocycles. The summed E-state index contributed by atoms with van der Waals surface area (Å²) < 4.78 is 10.9. The van der Waals surface area contributed by atoms with E-state index in [0.29, 0.717) is 29.1 Å². The lowest BCUT2D eigenvalue weighted by molar-refractivity contribution is -0.136. The minimum absolute atomic E-state index is 0.292. The molecule has 4 rings (SSSR count). The summed E-state index contributed by atoms with van der Waals surface area (Å²) in [5, 5.41) is 3.23. The molecule has 0 spiro atoms. The molecule has 2 aromatic rings. The second kappa shape index (κ2) is 10.6. The molecule has 0 aromatic heterocycles. The predicted molar refractivity (Wildman–Crippen MR) is 128 cm³/mol. The number of aryl methyl sites for hydroxylation is 1. The third kappa shape index (κ3) is 5.10. The number of rotatable bonds is 9. The summed E-state index contributed by atoms with van der Waals surface area (Å²) in [6, 6.07) is 15.2. The van der Waals surface area contributed by atoms with Crippen LogP contribution >= 0.6 is 0 Å². The number of para-hydroxylation sites is 1. The van der Waals surface area contributed by atoms with Crippen LogP contribution in [0.3, 0.4) is 0 Å². The van der Waals surface area contributed by atoms with E-state index in [2.05, 4.69) is 17.1 Å². The second-order valence-corrected chi connectivity index (χ2v) is 8.20. The van der Waals surface area contributed by atoms with Crippen LogP contribution in [-0.2, 0) is 20.7 Å². The third-order valence-corrected chi connectivity index (χ3v) is 6.14. The Balaban J connectivity index is 1.59. The number of hydrogen-bond acceptors (Lipinski definition) is 6. The van der Waals surface area contributed by atoms with Crippen LogP contribution in [0, 0.1) is 0 Å². The van der Waals surface area contributed by atoms with Crippen LogP contribution in [0.2, 0.25) is 0 Å². The molecule has 0 aliphatic carbocycles. The maximum absolute atomic E-state index is 13.5. The van der Waals surface area contributed by atoms with Crippen molar-refractivity contribution in [3.63, 3.8) is 0 Å². The molecule has 0 unspecified atom stereocenters. The largest absolute Gasteiger partial charge is 0.496 e. The molecular weight excluding hydrogens is 418 g/mol. The van der Waals surface area contributed by atoms with Gasteiger partial charge in [0.25, 0.3) is 11.8 Å². The number of imide groups is 1. The number of nitrogens with zero attached hydrogens (tertiary/aromatic N) is 2. The molecule has 0 saturated carbocycles. The Labute approximate surface area is 195 Å². The SMILES string of the molecule is CCc1ccc(NC2=C(c3ccccc3OC)C(=O)N(CCCN3CCOCC3)C2=O)cc1. The van der Waals surface area contributed by atoms with E-state index in [4.69, 9.17) is 9.47 Å². The second-order valence-electron chi connectivity index (χ2n) is 8.20. The molecule has 33 heavy (non-hydrogen) atoms. The number of anilines is 1. The van der Waals surface area contributed by atoms with E-state index in [0.717, 1.165) is 51.4 Å².